The number of carbonyl (C=O) groups is 2. The van der Waals surface area contributed by atoms with Crippen LogP contribution in [-0.2, 0) is 14.3 Å². The fraction of sp³-hybridized carbons (Fsp3) is 0.833. The van der Waals surface area contributed by atoms with Gasteiger partial charge in [0.15, 0.2) is 0 Å². The molecule has 0 aromatic carbocycles. The van der Waals surface area contributed by atoms with E-state index in [0.29, 0.717) is 13.0 Å². The zero-order valence-corrected chi connectivity index (χ0v) is 10.9. The average molecular weight is 243 g/mol. The second-order valence-corrected chi connectivity index (χ2v) is 5.64. The molecule has 1 heterocycles. The Morgan fingerprint density at radius 2 is 2.00 bits per heavy atom. The maximum absolute atomic E-state index is 12.4. The van der Waals surface area contributed by atoms with E-state index in [-0.39, 0.29) is 12.5 Å². The highest BCUT2D eigenvalue weighted by Crippen LogP contribution is 2.29. The molecule has 0 saturated carbocycles. The summed E-state index contributed by atoms with van der Waals surface area (Å²) in [4.78, 5) is 24.6. The highest BCUT2D eigenvalue weighted by Gasteiger charge is 2.44. The number of carboxylic acid groups (broad SMARTS) is 1. The van der Waals surface area contributed by atoms with Crippen LogP contribution in [0, 0.1) is 0 Å². The lowest BCUT2D eigenvalue weighted by Gasteiger charge is -2.39. The molecule has 0 aromatic heterocycles. The van der Waals surface area contributed by atoms with E-state index in [2.05, 4.69) is 0 Å². The Balaban J connectivity index is 2.90. The van der Waals surface area contributed by atoms with Gasteiger partial charge in [0.25, 0.3) is 5.91 Å². The van der Waals surface area contributed by atoms with Crippen LogP contribution in [0.1, 0.15) is 40.5 Å². The molecule has 1 saturated heterocycles. The van der Waals surface area contributed by atoms with Gasteiger partial charge >= 0.3 is 5.97 Å². The molecule has 0 radical (unpaired) electrons. The van der Waals surface area contributed by atoms with Crippen LogP contribution in [0.3, 0.4) is 0 Å². The largest absolute Gasteiger partial charge is 0.480 e. The first-order valence-electron chi connectivity index (χ1n) is 5.85. The summed E-state index contributed by atoms with van der Waals surface area (Å²) in [7, 11) is 0. The number of amides is 1. The third kappa shape index (κ3) is 3.19. The van der Waals surface area contributed by atoms with E-state index >= 15 is 0 Å². The van der Waals surface area contributed by atoms with Gasteiger partial charge in [-0.25, -0.2) is 0 Å². The van der Waals surface area contributed by atoms with Crippen LogP contribution < -0.4 is 0 Å². The number of carboxylic acids is 1. The normalized spacial score (nSPS) is 24.7. The highest BCUT2D eigenvalue weighted by atomic mass is 16.5. The smallest absolute Gasteiger partial charge is 0.323 e. The summed E-state index contributed by atoms with van der Waals surface area (Å²) in [5.41, 5.74) is -1.38. The van der Waals surface area contributed by atoms with Crippen molar-refractivity contribution in [1.82, 2.24) is 4.90 Å². The van der Waals surface area contributed by atoms with E-state index in [9.17, 15) is 9.59 Å². The van der Waals surface area contributed by atoms with Crippen molar-refractivity contribution in [1.29, 1.82) is 0 Å². The van der Waals surface area contributed by atoms with E-state index < -0.39 is 17.1 Å². The molecular formula is C12H21NO4. The van der Waals surface area contributed by atoms with Crippen molar-refractivity contribution in [2.24, 2.45) is 0 Å². The SMILES string of the molecule is CC1(C(=O)N(CC(=O)O)C(C)(C)C)CCCO1. The number of hydrogen-bond acceptors (Lipinski definition) is 3. The van der Waals surface area contributed by atoms with Gasteiger partial charge in [0.2, 0.25) is 0 Å². The van der Waals surface area contributed by atoms with Crippen LogP contribution in [-0.4, -0.2) is 46.2 Å². The third-order valence-corrected chi connectivity index (χ3v) is 3.02. The summed E-state index contributed by atoms with van der Waals surface area (Å²) >= 11 is 0. The Morgan fingerprint density at radius 1 is 1.41 bits per heavy atom. The van der Waals surface area contributed by atoms with Crippen LogP contribution in [0.2, 0.25) is 0 Å². The summed E-state index contributed by atoms with van der Waals surface area (Å²) in [5.74, 6) is -1.24. The maximum atomic E-state index is 12.4. The molecule has 0 spiro atoms. The minimum Gasteiger partial charge on any atom is -0.480 e. The van der Waals surface area contributed by atoms with Crippen LogP contribution in [0.15, 0.2) is 0 Å². The second kappa shape index (κ2) is 4.64. The lowest BCUT2D eigenvalue weighted by Crippen LogP contribution is -2.55. The third-order valence-electron chi connectivity index (χ3n) is 3.02. The van der Waals surface area contributed by atoms with Gasteiger partial charge in [-0.05, 0) is 40.5 Å². The van der Waals surface area contributed by atoms with Crippen molar-refractivity contribution in [3.05, 3.63) is 0 Å². The zero-order valence-electron chi connectivity index (χ0n) is 10.9. The van der Waals surface area contributed by atoms with E-state index in [4.69, 9.17) is 9.84 Å². The molecule has 0 aromatic rings. The van der Waals surface area contributed by atoms with Gasteiger partial charge < -0.3 is 14.7 Å². The predicted octanol–water partition coefficient (Wildman–Crippen LogP) is 1.27. The van der Waals surface area contributed by atoms with E-state index in [1.54, 1.807) is 6.92 Å². The Morgan fingerprint density at radius 3 is 2.35 bits per heavy atom. The molecule has 1 aliphatic heterocycles. The Labute approximate surface area is 102 Å². The number of aliphatic carboxylic acids is 1. The standard InChI is InChI=1S/C12H21NO4/c1-11(2,3)13(8-9(14)15)10(16)12(4)6-5-7-17-12/h5-8H2,1-4H3,(H,14,15). The van der Waals surface area contributed by atoms with Gasteiger partial charge in [-0.2, -0.15) is 0 Å². The Hall–Kier alpha value is -1.10. The minimum atomic E-state index is -1.00. The number of nitrogens with zero attached hydrogens (tertiary/aromatic N) is 1. The van der Waals surface area contributed by atoms with Crippen molar-refractivity contribution >= 4 is 11.9 Å². The van der Waals surface area contributed by atoms with Crippen LogP contribution in [0.25, 0.3) is 0 Å². The molecule has 1 aliphatic rings. The number of rotatable bonds is 3. The molecule has 17 heavy (non-hydrogen) atoms. The van der Waals surface area contributed by atoms with Crippen molar-refractivity contribution in [3.63, 3.8) is 0 Å². The maximum Gasteiger partial charge on any atom is 0.323 e. The Kier molecular flexibility index (Phi) is 3.81. The first-order valence-corrected chi connectivity index (χ1v) is 5.85. The molecule has 0 aliphatic carbocycles. The molecule has 1 fully saturated rings. The molecule has 5 nitrogen and oxygen atoms in total. The van der Waals surface area contributed by atoms with Crippen molar-refractivity contribution < 1.29 is 19.4 Å². The fourth-order valence-corrected chi connectivity index (χ4v) is 1.98. The summed E-state index contributed by atoms with van der Waals surface area (Å²) in [5, 5.41) is 8.89. The van der Waals surface area contributed by atoms with Crippen LogP contribution in [0.4, 0.5) is 0 Å². The summed E-state index contributed by atoms with van der Waals surface area (Å²) in [6, 6.07) is 0. The van der Waals surface area contributed by atoms with Gasteiger partial charge in [-0.3, -0.25) is 9.59 Å². The van der Waals surface area contributed by atoms with Gasteiger partial charge in [-0.1, -0.05) is 0 Å². The van der Waals surface area contributed by atoms with Crippen molar-refractivity contribution in [2.75, 3.05) is 13.2 Å². The second-order valence-electron chi connectivity index (χ2n) is 5.64. The van der Waals surface area contributed by atoms with E-state index in [1.165, 1.54) is 4.90 Å². The van der Waals surface area contributed by atoms with E-state index in [0.717, 1.165) is 6.42 Å². The van der Waals surface area contributed by atoms with Crippen molar-refractivity contribution in [3.8, 4) is 0 Å². The molecule has 1 atom stereocenters. The minimum absolute atomic E-state index is 0.232. The average Bonchev–Trinajstić information content (AvgIpc) is 2.60. The van der Waals surface area contributed by atoms with Gasteiger partial charge in [0.1, 0.15) is 12.1 Å². The van der Waals surface area contributed by atoms with Crippen molar-refractivity contribution in [2.45, 2.75) is 51.7 Å². The summed E-state index contributed by atoms with van der Waals surface area (Å²) < 4.78 is 5.48. The predicted molar refractivity (Wildman–Crippen MR) is 62.7 cm³/mol. The first kappa shape index (κ1) is 14.0. The molecule has 1 N–H and O–H groups in total. The lowest BCUT2D eigenvalue weighted by atomic mass is 9.96. The molecule has 5 heteroatoms. The van der Waals surface area contributed by atoms with Gasteiger partial charge in [0, 0.05) is 12.1 Å². The van der Waals surface area contributed by atoms with E-state index in [1.807, 2.05) is 20.8 Å². The highest BCUT2D eigenvalue weighted by molar-refractivity contribution is 5.88. The quantitative estimate of drug-likeness (QED) is 0.810. The summed E-state index contributed by atoms with van der Waals surface area (Å²) in [6.45, 7) is 7.49. The molecule has 0 bridgehead atoms. The summed E-state index contributed by atoms with van der Waals surface area (Å²) in [6.07, 6.45) is 1.49. The van der Waals surface area contributed by atoms with Crippen LogP contribution in [0.5, 0.6) is 0 Å². The topological polar surface area (TPSA) is 66.8 Å². The molecule has 98 valence electrons. The fourth-order valence-electron chi connectivity index (χ4n) is 1.98. The van der Waals surface area contributed by atoms with Crippen LogP contribution >= 0.6 is 0 Å². The lowest BCUT2D eigenvalue weighted by molar-refractivity contribution is -0.161. The molecule has 1 amide bonds. The molecule has 1 unspecified atom stereocenters. The number of carbonyl (C=O) groups excluding carboxylic acids is 1. The monoisotopic (exact) mass is 243 g/mol. The van der Waals surface area contributed by atoms with Gasteiger partial charge in [0.05, 0.1) is 0 Å². The Bertz CT molecular complexity index is 313. The molecule has 1 rings (SSSR count). The first-order chi connectivity index (χ1) is 7.67. The number of ether oxygens (including phenoxy) is 1. The number of hydrogen-bond donors (Lipinski definition) is 1. The van der Waals surface area contributed by atoms with Gasteiger partial charge in [-0.15, -0.1) is 0 Å². The zero-order chi connectivity index (χ0) is 13.3. The molecular weight excluding hydrogens is 222 g/mol.